The molecule has 2 heterocycles. The number of para-hydroxylation sites is 1. The lowest BCUT2D eigenvalue weighted by atomic mass is 9.80. The van der Waals surface area contributed by atoms with Crippen molar-refractivity contribution < 1.29 is 4.79 Å². The van der Waals surface area contributed by atoms with Crippen LogP contribution >= 0.6 is 0 Å². The Kier molecular flexibility index (Phi) is 6.00. The van der Waals surface area contributed by atoms with Gasteiger partial charge >= 0.3 is 0 Å². The van der Waals surface area contributed by atoms with Crippen LogP contribution in [0.25, 0.3) is 5.69 Å². The molecule has 1 aromatic heterocycles. The molecule has 1 atom stereocenters. The van der Waals surface area contributed by atoms with Crippen LogP contribution in [0.15, 0.2) is 30.3 Å². The van der Waals surface area contributed by atoms with E-state index in [1.54, 1.807) is 0 Å². The van der Waals surface area contributed by atoms with E-state index in [9.17, 15) is 4.79 Å². The van der Waals surface area contributed by atoms with Crippen molar-refractivity contribution in [3.8, 4) is 5.69 Å². The van der Waals surface area contributed by atoms with Crippen molar-refractivity contribution in [2.45, 2.75) is 53.5 Å². The van der Waals surface area contributed by atoms with E-state index in [-0.39, 0.29) is 11.3 Å². The molecule has 5 nitrogen and oxygen atoms in total. The van der Waals surface area contributed by atoms with Gasteiger partial charge in [-0.2, -0.15) is 5.10 Å². The third kappa shape index (κ3) is 4.24. The Morgan fingerprint density at radius 1 is 1.26 bits per heavy atom. The number of benzene rings is 1. The summed E-state index contributed by atoms with van der Waals surface area (Å²) >= 11 is 0. The molecule has 1 fully saturated rings. The predicted octanol–water partition coefficient (Wildman–Crippen LogP) is 3.62. The maximum absolute atomic E-state index is 12.6. The third-order valence-corrected chi connectivity index (χ3v) is 5.68. The number of amides is 1. The van der Waals surface area contributed by atoms with Crippen molar-refractivity contribution in [2.24, 2.45) is 5.41 Å². The molecule has 1 N–H and O–H groups in total. The molecule has 0 radical (unpaired) electrons. The summed E-state index contributed by atoms with van der Waals surface area (Å²) in [7, 11) is 0. The lowest BCUT2D eigenvalue weighted by molar-refractivity contribution is -0.133. The SMILES string of the molecule is CCCNC(=O)C1(C)CCCN(Cc2c(C)nn(-c3ccccc3)c2C)C1. The zero-order valence-electron chi connectivity index (χ0n) is 17.1. The van der Waals surface area contributed by atoms with Gasteiger partial charge in [-0.3, -0.25) is 9.69 Å². The molecular weight excluding hydrogens is 336 g/mol. The Morgan fingerprint density at radius 3 is 2.70 bits per heavy atom. The minimum absolute atomic E-state index is 0.197. The van der Waals surface area contributed by atoms with Gasteiger partial charge in [-0.25, -0.2) is 4.68 Å². The molecule has 2 aromatic rings. The number of likely N-dealkylation sites (tertiary alicyclic amines) is 1. The fourth-order valence-corrected chi connectivity index (χ4v) is 4.06. The zero-order chi connectivity index (χ0) is 19.4. The topological polar surface area (TPSA) is 50.2 Å². The molecule has 27 heavy (non-hydrogen) atoms. The minimum atomic E-state index is -0.301. The van der Waals surface area contributed by atoms with Crippen LogP contribution in [0, 0.1) is 19.3 Å². The maximum Gasteiger partial charge on any atom is 0.227 e. The highest BCUT2D eigenvalue weighted by atomic mass is 16.2. The monoisotopic (exact) mass is 368 g/mol. The lowest BCUT2D eigenvalue weighted by Crippen LogP contribution is -2.50. The van der Waals surface area contributed by atoms with Crippen molar-refractivity contribution >= 4 is 5.91 Å². The molecule has 1 aromatic carbocycles. The number of piperidine rings is 1. The number of hydrogen-bond donors (Lipinski definition) is 1. The molecule has 0 saturated carbocycles. The normalized spacial score (nSPS) is 20.6. The summed E-state index contributed by atoms with van der Waals surface area (Å²) in [5.74, 6) is 0.197. The average molecular weight is 369 g/mol. The van der Waals surface area contributed by atoms with E-state index in [2.05, 4.69) is 50.0 Å². The van der Waals surface area contributed by atoms with E-state index in [0.29, 0.717) is 0 Å². The molecule has 5 heteroatoms. The Labute approximate surface area is 162 Å². The van der Waals surface area contributed by atoms with Gasteiger partial charge in [-0.15, -0.1) is 0 Å². The standard InChI is InChI=1S/C22H32N4O/c1-5-13-23-21(27)22(4)12-9-14-25(16-22)15-20-17(2)24-26(18(20)3)19-10-7-6-8-11-19/h6-8,10-11H,5,9,12-16H2,1-4H3,(H,23,27). The van der Waals surface area contributed by atoms with Gasteiger partial charge in [0.2, 0.25) is 5.91 Å². The molecule has 1 aliphatic rings. The summed E-state index contributed by atoms with van der Waals surface area (Å²) in [6.07, 6.45) is 2.99. The second-order valence-electron chi connectivity index (χ2n) is 8.03. The Morgan fingerprint density at radius 2 is 2.00 bits per heavy atom. The van der Waals surface area contributed by atoms with Crippen LogP contribution in [0.5, 0.6) is 0 Å². The average Bonchev–Trinajstić information content (AvgIpc) is 2.95. The lowest BCUT2D eigenvalue weighted by Gasteiger charge is -2.39. The van der Waals surface area contributed by atoms with Crippen LogP contribution in [0.3, 0.4) is 0 Å². The van der Waals surface area contributed by atoms with Gasteiger partial charge in [0.05, 0.1) is 16.8 Å². The van der Waals surface area contributed by atoms with Crippen LogP contribution < -0.4 is 5.32 Å². The molecular formula is C22H32N4O. The van der Waals surface area contributed by atoms with Crippen LogP contribution in [-0.2, 0) is 11.3 Å². The van der Waals surface area contributed by atoms with Gasteiger partial charge in [0, 0.05) is 30.9 Å². The van der Waals surface area contributed by atoms with Crippen molar-refractivity contribution in [1.82, 2.24) is 20.0 Å². The van der Waals surface area contributed by atoms with Gasteiger partial charge in [-0.05, 0) is 58.7 Å². The number of hydrogen-bond acceptors (Lipinski definition) is 3. The number of carbonyl (C=O) groups excluding carboxylic acids is 1. The summed E-state index contributed by atoms with van der Waals surface area (Å²) in [6.45, 7) is 11.9. The van der Waals surface area contributed by atoms with Gasteiger partial charge in [0.1, 0.15) is 0 Å². The van der Waals surface area contributed by atoms with Crippen molar-refractivity contribution in [1.29, 1.82) is 0 Å². The third-order valence-electron chi connectivity index (χ3n) is 5.68. The Balaban J connectivity index is 1.75. The van der Waals surface area contributed by atoms with E-state index in [4.69, 9.17) is 5.10 Å². The minimum Gasteiger partial charge on any atom is -0.356 e. The van der Waals surface area contributed by atoms with Crippen molar-refractivity contribution in [3.05, 3.63) is 47.3 Å². The van der Waals surface area contributed by atoms with Crippen LogP contribution in [-0.4, -0.2) is 40.2 Å². The maximum atomic E-state index is 12.6. The summed E-state index contributed by atoms with van der Waals surface area (Å²) in [4.78, 5) is 15.1. The number of aromatic nitrogens is 2. The fourth-order valence-electron chi connectivity index (χ4n) is 4.06. The van der Waals surface area contributed by atoms with E-state index >= 15 is 0 Å². The second-order valence-corrected chi connectivity index (χ2v) is 8.03. The number of rotatable bonds is 6. The molecule has 1 aliphatic heterocycles. The first-order valence-corrected chi connectivity index (χ1v) is 10.1. The molecule has 0 aliphatic carbocycles. The fraction of sp³-hybridized carbons (Fsp3) is 0.545. The molecule has 146 valence electrons. The highest BCUT2D eigenvalue weighted by molar-refractivity contribution is 5.82. The molecule has 1 unspecified atom stereocenters. The van der Waals surface area contributed by atoms with E-state index in [1.165, 1.54) is 11.3 Å². The largest absolute Gasteiger partial charge is 0.356 e. The Bertz CT molecular complexity index is 783. The van der Waals surface area contributed by atoms with E-state index < -0.39 is 0 Å². The molecule has 0 spiro atoms. The van der Waals surface area contributed by atoms with Crippen LogP contribution in [0.4, 0.5) is 0 Å². The number of nitrogens with one attached hydrogen (secondary N) is 1. The van der Waals surface area contributed by atoms with E-state index in [0.717, 1.165) is 56.8 Å². The van der Waals surface area contributed by atoms with Crippen LogP contribution in [0.1, 0.15) is 50.1 Å². The van der Waals surface area contributed by atoms with Gasteiger partial charge in [0.25, 0.3) is 0 Å². The smallest absolute Gasteiger partial charge is 0.227 e. The second kappa shape index (κ2) is 8.26. The summed E-state index contributed by atoms with van der Waals surface area (Å²) < 4.78 is 2.03. The first-order valence-electron chi connectivity index (χ1n) is 10.1. The highest BCUT2D eigenvalue weighted by Crippen LogP contribution is 2.31. The number of carbonyl (C=O) groups is 1. The molecule has 3 rings (SSSR count). The van der Waals surface area contributed by atoms with E-state index in [1.807, 2.05) is 22.9 Å². The number of nitrogens with zero attached hydrogens (tertiary/aromatic N) is 3. The Hall–Kier alpha value is -2.14. The summed E-state index contributed by atoms with van der Waals surface area (Å²) in [5, 5.41) is 7.86. The first kappa shape index (κ1) is 19.6. The van der Waals surface area contributed by atoms with Gasteiger partial charge < -0.3 is 5.32 Å². The predicted molar refractivity (Wildman–Crippen MR) is 109 cm³/mol. The molecule has 1 amide bonds. The van der Waals surface area contributed by atoms with Gasteiger partial charge in [0.15, 0.2) is 0 Å². The van der Waals surface area contributed by atoms with Crippen molar-refractivity contribution in [3.63, 3.8) is 0 Å². The number of aryl methyl sites for hydroxylation is 1. The quantitative estimate of drug-likeness (QED) is 0.847. The van der Waals surface area contributed by atoms with Crippen molar-refractivity contribution in [2.75, 3.05) is 19.6 Å². The summed E-state index contributed by atoms with van der Waals surface area (Å²) in [5.41, 5.74) is 4.31. The summed E-state index contributed by atoms with van der Waals surface area (Å²) in [6, 6.07) is 10.3. The molecule has 0 bridgehead atoms. The van der Waals surface area contributed by atoms with Crippen LogP contribution in [0.2, 0.25) is 0 Å². The van der Waals surface area contributed by atoms with Gasteiger partial charge in [-0.1, -0.05) is 25.1 Å². The molecule has 1 saturated heterocycles. The highest BCUT2D eigenvalue weighted by Gasteiger charge is 2.37. The zero-order valence-corrected chi connectivity index (χ0v) is 17.1. The first-order chi connectivity index (χ1) is 12.9.